The third kappa shape index (κ3) is 7.14. The molecule has 2 aliphatic rings. The standard InChI is InChI=1S/C25H39N/c1-3-4-10-22-12-16-24(17-13-22)21(2)25-18-14-23(15-19-25)11-8-6-5-7-9-20-26/h5-7,9,22-25H,2-4,8,10-19H2,1H3/b6-5+,9-7+/t22-,23-,24-,25-. The molecule has 0 aromatic heterocycles. The summed E-state index contributed by atoms with van der Waals surface area (Å²) >= 11 is 0. The van der Waals surface area contributed by atoms with Crippen LogP contribution in [0.5, 0.6) is 0 Å². The van der Waals surface area contributed by atoms with E-state index in [1.165, 1.54) is 83.1 Å². The van der Waals surface area contributed by atoms with Crippen LogP contribution in [0.2, 0.25) is 0 Å². The molecule has 2 saturated carbocycles. The predicted molar refractivity (Wildman–Crippen MR) is 113 cm³/mol. The van der Waals surface area contributed by atoms with Gasteiger partial charge in [-0.1, -0.05) is 56.6 Å². The maximum Gasteiger partial charge on any atom is 0.0912 e. The van der Waals surface area contributed by atoms with E-state index in [1.807, 2.05) is 18.2 Å². The highest BCUT2D eigenvalue weighted by molar-refractivity contribution is 5.11. The van der Waals surface area contributed by atoms with E-state index in [9.17, 15) is 0 Å². The Balaban J connectivity index is 1.63. The first-order valence-corrected chi connectivity index (χ1v) is 11.1. The molecule has 0 aliphatic heterocycles. The van der Waals surface area contributed by atoms with Gasteiger partial charge in [-0.25, -0.2) is 0 Å². The number of nitrogens with zero attached hydrogens (tertiary/aromatic N) is 1. The second kappa shape index (κ2) is 12.2. The molecule has 0 radical (unpaired) electrons. The van der Waals surface area contributed by atoms with Crippen LogP contribution < -0.4 is 0 Å². The van der Waals surface area contributed by atoms with Crippen LogP contribution in [-0.2, 0) is 0 Å². The number of unbranched alkanes of at least 4 members (excludes halogenated alkanes) is 1. The fourth-order valence-corrected chi connectivity index (χ4v) is 5.08. The summed E-state index contributed by atoms with van der Waals surface area (Å²) in [4.78, 5) is 0. The normalized spacial score (nSPS) is 29.8. The Morgan fingerprint density at radius 2 is 1.50 bits per heavy atom. The van der Waals surface area contributed by atoms with Gasteiger partial charge < -0.3 is 0 Å². The molecule has 0 N–H and O–H groups in total. The van der Waals surface area contributed by atoms with Gasteiger partial charge in [-0.05, 0) is 87.9 Å². The molecule has 26 heavy (non-hydrogen) atoms. The van der Waals surface area contributed by atoms with Crippen LogP contribution in [0, 0.1) is 35.0 Å². The summed E-state index contributed by atoms with van der Waals surface area (Å²) in [6.07, 6.45) is 25.5. The number of nitriles is 1. The van der Waals surface area contributed by atoms with Crippen LogP contribution in [0.1, 0.15) is 90.4 Å². The van der Waals surface area contributed by atoms with Crippen molar-refractivity contribution in [2.24, 2.45) is 23.7 Å². The number of hydrogen-bond acceptors (Lipinski definition) is 1. The molecule has 2 fully saturated rings. The molecule has 0 unspecified atom stereocenters. The fraction of sp³-hybridized carbons (Fsp3) is 0.720. The van der Waals surface area contributed by atoms with Gasteiger partial charge in [-0.3, -0.25) is 0 Å². The highest BCUT2D eigenvalue weighted by atomic mass is 14.3. The molecule has 0 heterocycles. The summed E-state index contributed by atoms with van der Waals surface area (Å²) < 4.78 is 0. The monoisotopic (exact) mass is 353 g/mol. The second-order valence-electron chi connectivity index (χ2n) is 8.65. The Bertz CT molecular complexity index is 491. The summed E-state index contributed by atoms with van der Waals surface area (Å²) in [6, 6.07) is 2.02. The zero-order chi connectivity index (χ0) is 18.6. The van der Waals surface area contributed by atoms with E-state index in [0.29, 0.717) is 0 Å². The lowest BCUT2D eigenvalue weighted by molar-refractivity contribution is 0.240. The van der Waals surface area contributed by atoms with Crippen LogP contribution in [0.4, 0.5) is 0 Å². The highest BCUT2D eigenvalue weighted by Gasteiger charge is 2.29. The SMILES string of the molecule is C=C([C@H]1CC[C@H](CC/C=C/C=C/C#N)CC1)[C@H]1CC[C@H](CCCC)CC1. The lowest BCUT2D eigenvalue weighted by Crippen LogP contribution is -2.23. The maximum absolute atomic E-state index is 8.46. The zero-order valence-corrected chi connectivity index (χ0v) is 17.0. The Morgan fingerprint density at radius 3 is 2.04 bits per heavy atom. The minimum Gasteiger partial charge on any atom is -0.193 e. The van der Waals surface area contributed by atoms with E-state index >= 15 is 0 Å². The quantitative estimate of drug-likeness (QED) is 0.236. The molecule has 0 bridgehead atoms. The van der Waals surface area contributed by atoms with Crippen LogP contribution >= 0.6 is 0 Å². The van der Waals surface area contributed by atoms with Crippen molar-refractivity contribution in [3.05, 3.63) is 36.5 Å². The minimum absolute atomic E-state index is 0.803. The van der Waals surface area contributed by atoms with Gasteiger partial charge in [-0.15, -0.1) is 0 Å². The van der Waals surface area contributed by atoms with Gasteiger partial charge >= 0.3 is 0 Å². The lowest BCUT2D eigenvalue weighted by atomic mass is 9.70. The molecule has 0 aromatic carbocycles. The number of rotatable bonds is 9. The number of hydrogen-bond donors (Lipinski definition) is 0. The maximum atomic E-state index is 8.46. The Kier molecular flexibility index (Phi) is 9.83. The van der Waals surface area contributed by atoms with Crippen LogP contribution in [0.3, 0.4) is 0 Å². The van der Waals surface area contributed by atoms with E-state index in [1.54, 1.807) is 5.57 Å². The largest absolute Gasteiger partial charge is 0.193 e. The molecule has 0 amide bonds. The van der Waals surface area contributed by atoms with E-state index in [2.05, 4.69) is 19.6 Å². The van der Waals surface area contributed by atoms with Crippen molar-refractivity contribution in [1.82, 2.24) is 0 Å². The third-order valence-corrected chi connectivity index (χ3v) is 6.87. The first-order valence-electron chi connectivity index (χ1n) is 11.1. The van der Waals surface area contributed by atoms with Crippen LogP contribution in [-0.4, -0.2) is 0 Å². The topological polar surface area (TPSA) is 23.8 Å². The molecule has 2 aliphatic carbocycles. The summed E-state index contributed by atoms with van der Waals surface area (Å²) in [5.74, 6) is 3.53. The summed E-state index contributed by atoms with van der Waals surface area (Å²) in [7, 11) is 0. The molecule has 0 spiro atoms. The van der Waals surface area contributed by atoms with Gasteiger partial charge in [0.2, 0.25) is 0 Å². The predicted octanol–water partition coefficient (Wildman–Crippen LogP) is 7.76. The van der Waals surface area contributed by atoms with E-state index in [0.717, 1.165) is 30.1 Å². The molecule has 1 heteroatoms. The van der Waals surface area contributed by atoms with Gasteiger partial charge in [0.15, 0.2) is 0 Å². The van der Waals surface area contributed by atoms with Crippen molar-refractivity contribution in [2.75, 3.05) is 0 Å². The van der Waals surface area contributed by atoms with Gasteiger partial charge in [0, 0.05) is 6.08 Å². The minimum atomic E-state index is 0.803. The summed E-state index contributed by atoms with van der Waals surface area (Å²) in [6.45, 7) is 6.88. The van der Waals surface area contributed by atoms with Crippen molar-refractivity contribution < 1.29 is 0 Å². The van der Waals surface area contributed by atoms with Gasteiger partial charge in [0.25, 0.3) is 0 Å². The molecule has 0 atom stereocenters. The van der Waals surface area contributed by atoms with Crippen molar-refractivity contribution in [2.45, 2.75) is 90.4 Å². The smallest absolute Gasteiger partial charge is 0.0912 e. The second-order valence-corrected chi connectivity index (χ2v) is 8.65. The zero-order valence-electron chi connectivity index (χ0n) is 17.0. The van der Waals surface area contributed by atoms with Gasteiger partial charge in [0.05, 0.1) is 6.07 Å². The van der Waals surface area contributed by atoms with E-state index in [4.69, 9.17) is 5.26 Å². The molecule has 0 aromatic rings. The molecule has 1 nitrogen and oxygen atoms in total. The van der Waals surface area contributed by atoms with E-state index in [-0.39, 0.29) is 0 Å². The third-order valence-electron chi connectivity index (χ3n) is 6.87. The number of allylic oxidation sites excluding steroid dienone is 5. The Labute approximate surface area is 162 Å². The van der Waals surface area contributed by atoms with Crippen LogP contribution in [0.25, 0.3) is 0 Å². The Morgan fingerprint density at radius 1 is 0.923 bits per heavy atom. The molecular weight excluding hydrogens is 314 g/mol. The molecule has 2 rings (SSSR count). The average Bonchev–Trinajstić information content (AvgIpc) is 2.69. The summed E-state index contributed by atoms with van der Waals surface area (Å²) in [5, 5.41) is 8.46. The molecule has 0 saturated heterocycles. The van der Waals surface area contributed by atoms with E-state index < -0.39 is 0 Å². The molecule has 144 valence electrons. The van der Waals surface area contributed by atoms with Crippen molar-refractivity contribution in [1.29, 1.82) is 5.26 Å². The van der Waals surface area contributed by atoms with Gasteiger partial charge in [-0.2, -0.15) is 5.26 Å². The first kappa shape index (κ1) is 21.0. The summed E-state index contributed by atoms with van der Waals surface area (Å²) in [5.41, 5.74) is 1.61. The highest BCUT2D eigenvalue weighted by Crippen LogP contribution is 2.42. The van der Waals surface area contributed by atoms with Crippen molar-refractivity contribution in [3.63, 3.8) is 0 Å². The average molecular weight is 354 g/mol. The lowest BCUT2D eigenvalue weighted by Gasteiger charge is -2.36. The first-order chi connectivity index (χ1) is 12.7. The molecular formula is C25H39N. The fourth-order valence-electron chi connectivity index (χ4n) is 5.08. The van der Waals surface area contributed by atoms with Crippen molar-refractivity contribution >= 4 is 0 Å². The van der Waals surface area contributed by atoms with Crippen molar-refractivity contribution in [3.8, 4) is 6.07 Å². The van der Waals surface area contributed by atoms with Crippen LogP contribution in [0.15, 0.2) is 36.5 Å². The Hall–Kier alpha value is -1.29. The van der Waals surface area contributed by atoms with Gasteiger partial charge in [0.1, 0.15) is 0 Å².